The monoisotopic (exact) mass is 547 g/mol. The van der Waals surface area contributed by atoms with Crippen LogP contribution in [0.15, 0.2) is 75.5 Å². The first-order chi connectivity index (χ1) is 17.7. The Labute approximate surface area is 215 Å². The second kappa shape index (κ2) is 11.4. The first kappa shape index (κ1) is 26.7. The maximum absolute atomic E-state index is 13.9. The van der Waals surface area contributed by atoms with Gasteiger partial charge in [0.1, 0.15) is 12.0 Å². The van der Waals surface area contributed by atoms with Gasteiger partial charge < -0.3 is 14.4 Å². The van der Waals surface area contributed by atoms with Crippen LogP contribution in [0.1, 0.15) is 29.6 Å². The predicted molar refractivity (Wildman–Crippen MR) is 135 cm³/mol. The van der Waals surface area contributed by atoms with Gasteiger partial charge in [0, 0.05) is 28.1 Å². The minimum absolute atomic E-state index is 0.0903. The van der Waals surface area contributed by atoms with Crippen LogP contribution in [-0.4, -0.2) is 33.4 Å². The highest BCUT2D eigenvalue weighted by Gasteiger charge is 2.42. The Kier molecular flexibility index (Phi) is 8.19. The fourth-order valence-electron chi connectivity index (χ4n) is 3.80. The van der Waals surface area contributed by atoms with Crippen LogP contribution in [0.5, 0.6) is 5.75 Å². The molecule has 2 aromatic carbocycles. The summed E-state index contributed by atoms with van der Waals surface area (Å²) in [6.07, 6.45) is -0.392. The molecule has 1 aromatic heterocycles. The number of hydrogen-bond donors (Lipinski definition) is 2. The summed E-state index contributed by atoms with van der Waals surface area (Å²) in [6.45, 7) is 1.14. The number of halogens is 1. The second-order valence-corrected chi connectivity index (χ2v) is 10.7. The summed E-state index contributed by atoms with van der Waals surface area (Å²) in [5.74, 6) is -1.50. The van der Waals surface area contributed by atoms with Gasteiger partial charge in [-0.1, -0.05) is 47.0 Å². The van der Waals surface area contributed by atoms with Crippen molar-refractivity contribution >= 4 is 19.2 Å². The molecule has 2 N–H and O–H groups in total. The Morgan fingerprint density at radius 2 is 1.97 bits per heavy atom. The van der Waals surface area contributed by atoms with Gasteiger partial charge in [-0.3, -0.25) is 18.9 Å². The quantitative estimate of drug-likeness (QED) is 0.172. The highest BCUT2D eigenvalue weighted by molar-refractivity contribution is 7.54. The topological polar surface area (TPSA) is 169 Å². The van der Waals surface area contributed by atoms with Crippen molar-refractivity contribution < 1.29 is 23.5 Å². The number of aryl methyl sites for hydroxylation is 1. The Bertz CT molecular complexity index is 1460. The van der Waals surface area contributed by atoms with E-state index in [1.165, 1.54) is 42.0 Å². The van der Waals surface area contributed by atoms with Crippen molar-refractivity contribution in [2.45, 2.75) is 37.6 Å². The number of aromatic amines is 1. The molecule has 14 heteroatoms. The normalized spacial score (nSPS) is 21.5. The average molecular weight is 548 g/mol. The van der Waals surface area contributed by atoms with Crippen LogP contribution < -0.4 is 15.8 Å². The van der Waals surface area contributed by atoms with E-state index in [9.17, 15) is 19.3 Å². The van der Waals surface area contributed by atoms with E-state index in [1.807, 2.05) is 0 Å². The number of nitrogens with one attached hydrogen (secondary N) is 1. The molecule has 194 valence electrons. The van der Waals surface area contributed by atoms with Crippen molar-refractivity contribution in [2.24, 2.45) is 5.11 Å². The second-order valence-electron chi connectivity index (χ2n) is 8.28. The Morgan fingerprint density at radius 1 is 1.27 bits per heavy atom. The minimum atomic E-state index is -4.30. The molecule has 1 aliphatic heterocycles. The van der Waals surface area contributed by atoms with E-state index in [0.29, 0.717) is 10.6 Å². The van der Waals surface area contributed by atoms with E-state index >= 15 is 0 Å². The summed E-state index contributed by atoms with van der Waals surface area (Å²) in [5, 5.41) is 15.1. The molecular weight excluding hydrogens is 525 g/mol. The number of aliphatic hydroxyl groups is 1. The zero-order valence-corrected chi connectivity index (χ0v) is 21.2. The molecule has 0 saturated carbocycles. The van der Waals surface area contributed by atoms with Gasteiger partial charge in [0.25, 0.3) is 5.56 Å². The number of aromatic nitrogens is 2. The molecule has 5 atom stereocenters. The van der Waals surface area contributed by atoms with Crippen LogP contribution in [0, 0.1) is 6.92 Å². The van der Waals surface area contributed by atoms with Crippen LogP contribution in [0.3, 0.4) is 0 Å². The molecule has 0 amide bonds. The number of H-pyrrole nitrogens is 1. The van der Waals surface area contributed by atoms with E-state index < -0.39 is 49.7 Å². The highest BCUT2D eigenvalue weighted by atomic mass is 35.5. The molecular formula is C23H23ClN5O7P. The number of rotatable bonds is 9. The van der Waals surface area contributed by atoms with E-state index in [1.54, 1.807) is 30.3 Å². The number of ether oxygens (including phenoxy) is 1. The van der Waals surface area contributed by atoms with Crippen LogP contribution >= 0.6 is 19.2 Å². The van der Waals surface area contributed by atoms with Crippen molar-refractivity contribution in [3.63, 3.8) is 0 Å². The fourth-order valence-corrected chi connectivity index (χ4v) is 5.53. The SMILES string of the molecule is Cc1cn([C@H]2C[C@H](N=[N+]=[N-])[C@@H](COP(=O)(Oc3ccc(Cl)cc3)C(O)c3ccccc3)O2)c(=O)[nH]c1=O. The summed E-state index contributed by atoms with van der Waals surface area (Å²) >= 11 is 5.92. The minimum Gasteiger partial charge on any atom is -0.422 e. The summed E-state index contributed by atoms with van der Waals surface area (Å²) in [5.41, 5.74) is 8.40. The van der Waals surface area contributed by atoms with Crippen LogP contribution in [0.4, 0.5) is 0 Å². The maximum atomic E-state index is 13.9. The van der Waals surface area contributed by atoms with Gasteiger partial charge in [-0.05, 0) is 42.3 Å². The average Bonchev–Trinajstić information content (AvgIpc) is 3.29. The Balaban J connectivity index is 1.59. The Morgan fingerprint density at radius 3 is 2.65 bits per heavy atom. The molecule has 2 unspecified atom stereocenters. The predicted octanol–water partition coefficient (Wildman–Crippen LogP) is 4.44. The van der Waals surface area contributed by atoms with Crippen molar-refractivity contribution in [1.82, 2.24) is 9.55 Å². The first-order valence-electron chi connectivity index (χ1n) is 11.1. The van der Waals surface area contributed by atoms with Gasteiger partial charge in [0.05, 0.1) is 18.8 Å². The zero-order chi connectivity index (χ0) is 26.6. The maximum Gasteiger partial charge on any atom is 0.412 e. The molecule has 3 aromatic rings. The molecule has 4 rings (SSSR count). The summed E-state index contributed by atoms with van der Waals surface area (Å²) < 4.78 is 32.3. The van der Waals surface area contributed by atoms with Gasteiger partial charge >= 0.3 is 13.3 Å². The molecule has 0 radical (unpaired) electrons. The van der Waals surface area contributed by atoms with Gasteiger partial charge in [0.15, 0.2) is 5.85 Å². The lowest BCUT2D eigenvalue weighted by Gasteiger charge is -2.26. The molecule has 12 nitrogen and oxygen atoms in total. The van der Waals surface area contributed by atoms with E-state index in [2.05, 4.69) is 15.0 Å². The zero-order valence-electron chi connectivity index (χ0n) is 19.5. The number of azide groups is 1. The Hall–Kier alpha value is -3.37. The molecule has 0 bridgehead atoms. The summed E-state index contributed by atoms with van der Waals surface area (Å²) in [6, 6.07) is 13.4. The fraction of sp³-hybridized carbons (Fsp3) is 0.304. The van der Waals surface area contributed by atoms with E-state index in [0.717, 1.165) is 0 Å². The third-order valence-corrected chi connectivity index (χ3v) is 7.85. The molecule has 2 heterocycles. The van der Waals surface area contributed by atoms with Crippen molar-refractivity contribution in [2.75, 3.05) is 6.61 Å². The number of benzene rings is 2. The van der Waals surface area contributed by atoms with Crippen LogP contribution in [0.2, 0.25) is 5.02 Å². The summed E-state index contributed by atoms with van der Waals surface area (Å²) in [4.78, 5) is 29.1. The lowest BCUT2D eigenvalue weighted by atomic mass is 10.1. The molecule has 1 saturated heterocycles. The number of hydrogen-bond acceptors (Lipinski definition) is 8. The van der Waals surface area contributed by atoms with Gasteiger partial charge in [-0.15, -0.1) is 0 Å². The van der Waals surface area contributed by atoms with E-state index in [4.69, 9.17) is 30.9 Å². The van der Waals surface area contributed by atoms with Crippen molar-refractivity contribution in [1.29, 1.82) is 0 Å². The molecule has 37 heavy (non-hydrogen) atoms. The van der Waals surface area contributed by atoms with Crippen molar-refractivity contribution in [3.8, 4) is 5.75 Å². The lowest BCUT2D eigenvalue weighted by molar-refractivity contribution is -0.0252. The van der Waals surface area contributed by atoms with Crippen LogP contribution in [-0.2, 0) is 13.8 Å². The first-order valence-corrected chi connectivity index (χ1v) is 13.1. The van der Waals surface area contributed by atoms with Gasteiger partial charge in [-0.2, -0.15) is 0 Å². The third-order valence-electron chi connectivity index (χ3n) is 5.72. The molecule has 1 aliphatic rings. The van der Waals surface area contributed by atoms with Gasteiger partial charge in [0.2, 0.25) is 0 Å². The van der Waals surface area contributed by atoms with E-state index in [-0.39, 0.29) is 17.7 Å². The summed E-state index contributed by atoms with van der Waals surface area (Å²) in [7, 11) is -4.30. The molecule has 1 fully saturated rings. The molecule has 0 aliphatic carbocycles. The highest BCUT2D eigenvalue weighted by Crippen LogP contribution is 2.59. The number of aliphatic hydroxyl groups excluding tert-OH is 1. The van der Waals surface area contributed by atoms with Crippen LogP contribution in [0.25, 0.3) is 10.4 Å². The third kappa shape index (κ3) is 6.14. The molecule has 0 spiro atoms. The van der Waals surface area contributed by atoms with Gasteiger partial charge in [-0.25, -0.2) is 9.36 Å². The smallest absolute Gasteiger partial charge is 0.412 e. The lowest BCUT2D eigenvalue weighted by Crippen LogP contribution is -2.33. The largest absolute Gasteiger partial charge is 0.422 e. The standard InChI is InChI=1S/C23H23ClN5O7P/c1-14-12-29(23(32)26-21(14)30)20-11-18(27-28-25)19(35-20)13-34-37(33,22(31)15-5-3-2-4-6-15)36-17-9-7-16(24)8-10-17/h2-10,12,18-20,22,31H,11,13H2,1H3,(H,26,30,32)/t18-,19+,20+,22?,37?/m0/s1. The number of nitrogens with zero attached hydrogens (tertiary/aromatic N) is 4. The van der Waals surface area contributed by atoms with Crippen molar-refractivity contribution in [3.05, 3.63) is 108 Å².